The van der Waals surface area contributed by atoms with Crippen LogP contribution in [0, 0.1) is 35.5 Å². The minimum absolute atomic E-state index is 0.0569. The van der Waals surface area contributed by atoms with Crippen LogP contribution in [0.4, 0.5) is 0 Å². The van der Waals surface area contributed by atoms with Crippen LogP contribution in [0.5, 0.6) is 0 Å². The second-order valence-corrected chi connectivity index (χ2v) is 9.04. The highest BCUT2D eigenvalue weighted by Crippen LogP contribution is 2.30. The summed E-state index contributed by atoms with van der Waals surface area (Å²) in [6.45, 7) is 13.3. The van der Waals surface area contributed by atoms with E-state index in [0.29, 0.717) is 6.42 Å². The second kappa shape index (κ2) is 10.6. The van der Waals surface area contributed by atoms with Gasteiger partial charge in [-0.2, -0.15) is 0 Å². The molecule has 27 heavy (non-hydrogen) atoms. The van der Waals surface area contributed by atoms with Crippen molar-refractivity contribution in [2.45, 2.75) is 92.5 Å². The van der Waals surface area contributed by atoms with Gasteiger partial charge in [-0.1, -0.05) is 48.0 Å². The molecule has 0 spiro atoms. The van der Waals surface area contributed by atoms with Crippen molar-refractivity contribution >= 4 is 11.8 Å². The lowest BCUT2D eigenvalue weighted by Gasteiger charge is -2.34. The molecule has 1 heterocycles. The lowest BCUT2D eigenvalue weighted by molar-refractivity contribution is -0.165. The minimum Gasteiger partial charge on any atom is -0.462 e. The number of ether oxygens (including phenoxy) is 1. The van der Waals surface area contributed by atoms with Gasteiger partial charge < -0.3 is 14.9 Å². The highest BCUT2D eigenvalue weighted by molar-refractivity contribution is 5.83. The molecule has 0 aliphatic carbocycles. The molecule has 1 aliphatic heterocycles. The topological polar surface area (TPSA) is 83.8 Å². The summed E-state index contributed by atoms with van der Waals surface area (Å²) >= 11 is 0. The zero-order valence-corrected chi connectivity index (χ0v) is 18.1. The first-order valence-corrected chi connectivity index (χ1v) is 10.6. The van der Waals surface area contributed by atoms with Crippen LogP contribution in [0.2, 0.25) is 0 Å². The first-order chi connectivity index (χ1) is 12.5. The van der Waals surface area contributed by atoms with Crippen molar-refractivity contribution in [2.75, 3.05) is 0 Å². The van der Waals surface area contributed by atoms with E-state index >= 15 is 0 Å². The maximum absolute atomic E-state index is 12.8. The summed E-state index contributed by atoms with van der Waals surface area (Å²) in [5.41, 5.74) is 0. The summed E-state index contributed by atoms with van der Waals surface area (Å²) in [6, 6.07) is 0. The van der Waals surface area contributed by atoms with E-state index in [4.69, 9.17) is 4.74 Å². The second-order valence-electron chi connectivity index (χ2n) is 9.04. The molecule has 0 aromatic carbocycles. The number of cyclic esters (lactones) is 1. The van der Waals surface area contributed by atoms with E-state index in [0.717, 1.165) is 19.3 Å². The van der Waals surface area contributed by atoms with Gasteiger partial charge in [-0.3, -0.25) is 9.59 Å². The molecule has 9 unspecified atom stereocenters. The Morgan fingerprint density at radius 3 is 2.07 bits per heavy atom. The fourth-order valence-corrected chi connectivity index (χ4v) is 4.48. The highest BCUT2D eigenvalue weighted by atomic mass is 16.5. The molecule has 5 heteroatoms. The van der Waals surface area contributed by atoms with Crippen LogP contribution in [0.1, 0.15) is 74.1 Å². The number of esters is 1. The average Bonchev–Trinajstić information content (AvgIpc) is 2.62. The third-order valence-electron chi connectivity index (χ3n) is 6.41. The maximum Gasteiger partial charge on any atom is 0.311 e. The Kier molecular flexibility index (Phi) is 9.43. The smallest absolute Gasteiger partial charge is 0.311 e. The number of carbonyl (C=O) groups is 2. The fraction of sp³-hybridized carbons (Fsp3) is 0.909. The zero-order valence-electron chi connectivity index (χ0n) is 18.1. The number of hydrogen-bond donors (Lipinski definition) is 2. The monoisotopic (exact) mass is 384 g/mol. The SMILES string of the molecule is CCCC1OC(=O)C(C)C(O)C(C)CC(C)CC(C)C(=O)C(C)C(O)C1C. The first-order valence-electron chi connectivity index (χ1n) is 10.6. The fourth-order valence-electron chi connectivity index (χ4n) is 4.48. The van der Waals surface area contributed by atoms with E-state index in [1.54, 1.807) is 13.8 Å². The maximum atomic E-state index is 12.8. The Morgan fingerprint density at radius 2 is 1.52 bits per heavy atom. The van der Waals surface area contributed by atoms with Crippen molar-refractivity contribution in [3.05, 3.63) is 0 Å². The van der Waals surface area contributed by atoms with Gasteiger partial charge in [-0.05, 0) is 38.0 Å². The molecule has 1 saturated heterocycles. The molecule has 0 amide bonds. The Morgan fingerprint density at radius 1 is 0.926 bits per heavy atom. The van der Waals surface area contributed by atoms with E-state index in [1.807, 2.05) is 27.7 Å². The van der Waals surface area contributed by atoms with Crippen LogP contribution in [0.15, 0.2) is 0 Å². The largest absolute Gasteiger partial charge is 0.462 e. The molecule has 158 valence electrons. The normalized spacial score (nSPS) is 43.1. The van der Waals surface area contributed by atoms with Crippen molar-refractivity contribution in [3.63, 3.8) is 0 Å². The lowest BCUT2D eigenvalue weighted by Crippen LogP contribution is -2.43. The van der Waals surface area contributed by atoms with Gasteiger partial charge in [-0.25, -0.2) is 0 Å². The molecular weight excluding hydrogens is 344 g/mol. The van der Waals surface area contributed by atoms with Crippen LogP contribution in [-0.4, -0.2) is 40.3 Å². The Balaban J connectivity index is 3.17. The first kappa shape index (κ1) is 24.1. The number of aliphatic hydroxyl groups excluding tert-OH is 2. The molecule has 1 fully saturated rings. The standard InChI is InChI=1S/C22H40O5/c1-8-9-18-15(5)21(25)16(6)19(23)13(3)10-12(2)11-14(4)20(24)17(7)22(26)27-18/h12-18,20-21,24-25H,8-11H2,1-7H3. The van der Waals surface area contributed by atoms with Gasteiger partial charge in [0.1, 0.15) is 11.9 Å². The Hall–Kier alpha value is -0.940. The Bertz CT molecular complexity index is 491. The van der Waals surface area contributed by atoms with Crippen molar-refractivity contribution < 1.29 is 24.5 Å². The quantitative estimate of drug-likeness (QED) is 0.711. The molecule has 2 N–H and O–H groups in total. The predicted molar refractivity (Wildman–Crippen MR) is 106 cm³/mol. The van der Waals surface area contributed by atoms with Gasteiger partial charge in [0, 0.05) is 17.8 Å². The molecule has 9 atom stereocenters. The van der Waals surface area contributed by atoms with Crippen molar-refractivity contribution in [1.29, 1.82) is 0 Å². The van der Waals surface area contributed by atoms with E-state index in [1.165, 1.54) is 0 Å². The molecule has 1 rings (SSSR count). The highest BCUT2D eigenvalue weighted by Gasteiger charge is 2.38. The average molecular weight is 385 g/mol. The number of ketones is 1. The van der Waals surface area contributed by atoms with Crippen molar-refractivity contribution in [2.24, 2.45) is 35.5 Å². The van der Waals surface area contributed by atoms with Crippen LogP contribution >= 0.6 is 0 Å². The van der Waals surface area contributed by atoms with Crippen LogP contribution in [0.25, 0.3) is 0 Å². The Labute approximate surface area is 164 Å². The van der Waals surface area contributed by atoms with Gasteiger partial charge >= 0.3 is 5.97 Å². The number of hydrogen-bond acceptors (Lipinski definition) is 5. The number of carbonyl (C=O) groups excluding carboxylic acids is 2. The van der Waals surface area contributed by atoms with E-state index < -0.39 is 36.1 Å². The molecule has 1 aliphatic rings. The van der Waals surface area contributed by atoms with Crippen LogP contribution in [0.3, 0.4) is 0 Å². The van der Waals surface area contributed by atoms with E-state index in [-0.39, 0.29) is 29.5 Å². The summed E-state index contributed by atoms with van der Waals surface area (Å²) in [4.78, 5) is 25.5. The van der Waals surface area contributed by atoms with Gasteiger partial charge in [0.05, 0.1) is 18.1 Å². The zero-order chi connectivity index (χ0) is 20.9. The molecule has 0 radical (unpaired) electrons. The van der Waals surface area contributed by atoms with E-state index in [2.05, 4.69) is 6.92 Å². The third-order valence-corrected chi connectivity index (χ3v) is 6.41. The molecule has 5 nitrogen and oxygen atoms in total. The molecular formula is C22H40O5. The molecule has 0 saturated carbocycles. The van der Waals surface area contributed by atoms with Gasteiger partial charge in [0.15, 0.2) is 0 Å². The summed E-state index contributed by atoms with van der Waals surface area (Å²) < 4.78 is 5.72. The summed E-state index contributed by atoms with van der Waals surface area (Å²) in [7, 11) is 0. The minimum atomic E-state index is -0.860. The molecule has 0 bridgehead atoms. The van der Waals surface area contributed by atoms with Gasteiger partial charge in [0.2, 0.25) is 0 Å². The van der Waals surface area contributed by atoms with Crippen LogP contribution < -0.4 is 0 Å². The third kappa shape index (κ3) is 6.28. The summed E-state index contributed by atoms with van der Waals surface area (Å²) in [6.07, 6.45) is 0.779. The number of aliphatic hydroxyl groups is 2. The van der Waals surface area contributed by atoms with Gasteiger partial charge in [-0.15, -0.1) is 0 Å². The molecule has 0 aromatic rings. The summed E-state index contributed by atoms with van der Waals surface area (Å²) in [5.74, 6) is -1.78. The number of rotatable bonds is 2. The summed E-state index contributed by atoms with van der Waals surface area (Å²) in [5, 5.41) is 21.4. The predicted octanol–water partition coefficient (Wildman–Crippen LogP) is 3.60. The van der Waals surface area contributed by atoms with Gasteiger partial charge in [0.25, 0.3) is 0 Å². The number of Topliss-reactive ketones (excluding diaryl/α,β-unsaturated/α-hetero) is 1. The lowest BCUT2D eigenvalue weighted by atomic mass is 9.78. The van der Waals surface area contributed by atoms with Crippen LogP contribution in [-0.2, 0) is 14.3 Å². The van der Waals surface area contributed by atoms with Crippen molar-refractivity contribution in [3.8, 4) is 0 Å². The molecule has 0 aromatic heterocycles. The van der Waals surface area contributed by atoms with Crippen molar-refractivity contribution in [1.82, 2.24) is 0 Å². The van der Waals surface area contributed by atoms with E-state index in [9.17, 15) is 19.8 Å².